The van der Waals surface area contributed by atoms with Gasteiger partial charge in [0, 0.05) is 7.11 Å². The molecule has 0 aromatic carbocycles. The molecule has 0 radical (unpaired) electrons. The van der Waals surface area contributed by atoms with Crippen LogP contribution in [0, 0.1) is 0 Å². The summed E-state index contributed by atoms with van der Waals surface area (Å²) in [5.74, 6) is 0. The Morgan fingerprint density at radius 2 is 1.95 bits per heavy atom. The van der Waals surface area contributed by atoms with Crippen molar-refractivity contribution in [1.82, 2.24) is 0 Å². The number of ether oxygens (including phenoxy) is 4. The summed E-state index contributed by atoms with van der Waals surface area (Å²) in [5.41, 5.74) is 0. The van der Waals surface area contributed by atoms with Crippen molar-refractivity contribution in [1.29, 1.82) is 0 Å². The Morgan fingerprint density at radius 1 is 1.16 bits per heavy atom. The lowest BCUT2D eigenvalue weighted by Crippen LogP contribution is -2.63. The van der Waals surface area contributed by atoms with Gasteiger partial charge in [-0.2, -0.15) is 0 Å². The van der Waals surface area contributed by atoms with E-state index in [1.165, 1.54) is 7.11 Å². The maximum absolute atomic E-state index is 10.1. The third-order valence-corrected chi connectivity index (χ3v) is 3.67. The standard InChI is InChI=1S/C13H24O6/c1-3-4-5-6-9-17-7-8-12(19-9)10(14)11(15)13(16-2)18-8/h8-15H,3-7H2,1-2H3/t8?,9?,10-,11?,12-,13+/m1/s1. The molecule has 2 aliphatic heterocycles. The molecule has 2 N–H and O–H groups in total. The van der Waals surface area contributed by atoms with Crippen molar-refractivity contribution in [3.8, 4) is 0 Å². The average molecular weight is 276 g/mol. The Kier molecular flexibility index (Phi) is 5.56. The van der Waals surface area contributed by atoms with E-state index in [0.29, 0.717) is 6.61 Å². The van der Waals surface area contributed by atoms with Gasteiger partial charge in [-0.1, -0.05) is 19.8 Å². The number of hydrogen-bond acceptors (Lipinski definition) is 6. The Hall–Kier alpha value is -0.240. The van der Waals surface area contributed by atoms with Crippen LogP contribution in [0.4, 0.5) is 0 Å². The topological polar surface area (TPSA) is 77.4 Å². The van der Waals surface area contributed by atoms with E-state index >= 15 is 0 Å². The van der Waals surface area contributed by atoms with Gasteiger partial charge in [-0.15, -0.1) is 0 Å². The molecule has 2 saturated heterocycles. The van der Waals surface area contributed by atoms with Gasteiger partial charge in [0.2, 0.25) is 0 Å². The molecule has 2 aliphatic rings. The predicted octanol–water partition coefficient (Wildman–Crippen LogP) is 0.401. The molecule has 6 nitrogen and oxygen atoms in total. The van der Waals surface area contributed by atoms with E-state index in [1.54, 1.807) is 0 Å². The van der Waals surface area contributed by atoms with E-state index in [-0.39, 0.29) is 6.29 Å². The largest absolute Gasteiger partial charge is 0.387 e. The van der Waals surface area contributed by atoms with Gasteiger partial charge in [0.05, 0.1) is 6.61 Å². The van der Waals surface area contributed by atoms with Crippen LogP contribution in [-0.4, -0.2) is 60.9 Å². The van der Waals surface area contributed by atoms with Crippen molar-refractivity contribution in [2.45, 2.75) is 69.6 Å². The third-order valence-electron chi connectivity index (χ3n) is 3.67. The van der Waals surface area contributed by atoms with E-state index in [0.717, 1.165) is 25.7 Å². The molecule has 3 unspecified atom stereocenters. The molecule has 0 spiro atoms. The fourth-order valence-electron chi connectivity index (χ4n) is 2.53. The van der Waals surface area contributed by atoms with Crippen LogP contribution < -0.4 is 0 Å². The summed E-state index contributed by atoms with van der Waals surface area (Å²) >= 11 is 0. The molecule has 19 heavy (non-hydrogen) atoms. The van der Waals surface area contributed by atoms with Gasteiger partial charge in [-0.05, 0) is 12.8 Å². The lowest BCUT2D eigenvalue weighted by atomic mass is 9.98. The number of unbranched alkanes of at least 4 members (excludes halogenated alkanes) is 2. The van der Waals surface area contributed by atoms with Gasteiger partial charge < -0.3 is 29.2 Å². The molecule has 2 rings (SSSR count). The number of aliphatic hydroxyl groups excluding tert-OH is 2. The Morgan fingerprint density at radius 3 is 2.63 bits per heavy atom. The number of methoxy groups -OCH3 is 1. The lowest BCUT2D eigenvalue weighted by molar-refractivity contribution is -0.356. The van der Waals surface area contributed by atoms with E-state index in [2.05, 4.69) is 6.92 Å². The van der Waals surface area contributed by atoms with Crippen LogP contribution in [0.5, 0.6) is 0 Å². The van der Waals surface area contributed by atoms with E-state index in [4.69, 9.17) is 18.9 Å². The van der Waals surface area contributed by atoms with Gasteiger partial charge in [-0.25, -0.2) is 0 Å². The Labute approximate surface area is 113 Å². The van der Waals surface area contributed by atoms with Gasteiger partial charge in [0.1, 0.15) is 24.4 Å². The molecule has 0 aliphatic carbocycles. The summed E-state index contributed by atoms with van der Waals surface area (Å²) in [6.45, 7) is 2.49. The van der Waals surface area contributed by atoms with E-state index < -0.39 is 30.7 Å². The molecule has 0 amide bonds. The minimum absolute atomic E-state index is 0.322. The Bertz CT molecular complexity index is 272. The molecule has 112 valence electrons. The molecule has 6 atom stereocenters. The predicted molar refractivity (Wildman–Crippen MR) is 66.4 cm³/mol. The zero-order valence-corrected chi connectivity index (χ0v) is 11.5. The zero-order valence-electron chi connectivity index (χ0n) is 11.5. The highest BCUT2D eigenvalue weighted by atomic mass is 16.7. The first-order chi connectivity index (χ1) is 9.17. The molecule has 0 bridgehead atoms. The van der Waals surface area contributed by atoms with Gasteiger partial charge >= 0.3 is 0 Å². The van der Waals surface area contributed by atoms with Crippen LogP contribution in [-0.2, 0) is 18.9 Å². The molecule has 2 fully saturated rings. The van der Waals surface area contributed by atoms with E-state index in [9.17, 15) is 10.2 Å². The summed E-state index contributed by atoms with van der Waals surface area (Å²) in [7, 11) is 1.43. The molecule has 6 heteroatoms. The fraction of sp³-hybridized carbons (Fsp3) is 1.00. The van der Waals surface area contributed by atoms with Gasteiger partial charge in [-0.3, -0.25) is 0 Å². The van der Waals surface area contributed by atoms with Crippen LogP contribution in [0.3, 0.4) is 0 Å². The maximum Gasteiger partial charge on any atom is 0.186 e. The smallest absolute Gasteiger partial charge is 0.186 e. The van der Waals surface area contributed by atoms with Crippen LogP contribution in [0.2, 0.25) is 0 Å². The zero-order chi connectivity index (χ0) is 13.8. The van der Waals surface area contributed by atoms with Crippen molar-refractivity contribution in [3.63, 3.8) is 0 Å². The Balaban J connectivity index is 1.88. The number of rotatable bonds is 5. The monoisotopic (exact) mass is 276 g/mol. The highest BCUT2D eigenvalue weighted by molar-refractivity contribution is 4.92. The lowest BCUT2D eigenvalue weighted by Gasteiger charge is -2.45. The van der Waals surface area contributed by atoms with Crippen molar-refractivity contribution in [3.05, 3.63) is 0 Å². The van der Waals surface area contributed by atoms with Crippen molar-refractivity contribution < 1.29 is 29.2 Å². The highest BCUT2D eigenvalue weighted by Gasteiger charge is 2.48. The highest BCUT2D eigenvalue weighted by Crippen LogP contribution is 2.29. The van der Waals surface area contributed by atoms with Crippen molar-refractivity contribution in [2.75, 3.05) is 13.7 Å². The quantitative estimate of drug-likeness (QED) is 0.708. The number of aliphatic hydroxyl groups is 2. The molecule has 0 aromatic heterocycles. The summed E-state index contributed by atoms with van der Waals surface area (Å²) < 4.78 is 21.8. The number of hydrogen-bond donors (Lipinski definition) is 2. The average Bonchev–Trinajstić information content (AvgIpc) is 2.43. The van der Waals surface area contributed by atoms with Gasteiger partial charge in [0.15, 0.2) is 12.6 Å². The minimum atomic E-state index is -1.10. The van der Waals surface area contributed by atoms with Crippen LogP contribution in [0.15, 0.2) is 0 Å². The molecule has 0 saturated carbocycles. The fourth-order valence-corrected chi connectivity index (χ4v) is 2.53. The first kappa shape index (κ1) is 15.2. The van der Waals surface area contributed by atoms with E-state index in [1.807, 2.05) is 0 Å². The first-order valence-electron chi connectivity index (χ1n) is 6.98. The van der Waals surface area contributed by atoms with Crippen LogP contribution in [0.25, 0.3) is 0 Å². The van der Waals surface area contributed by atoms with Crippen molar-refractivity contribution >= 4 is 0 Å². The normalized spacial score (nSPS) is 42.9. The van der Waals surface area contributed by atoms with Gasteiger partial charge in [0.25, 0.3) is 0 Å². The van der Waals surface area contributed by atoms with Crippen molar-refractivity contribution in [2.24, 2.45) is 0 Å². The van der Waals surface area contributed by atoms with Crippen LogP contribution in [0.1, 0.15) is 32.6 Å². The summed E-state index contributed by atoms with van der Waals surface area (Å²) in [5, 5.41) is 19.9. The SMILES string of the molecule is CCCCCC1OCC2O[C@H](OC)C(O)[C@@H](O)[C@@H]2O1. The molecule has 0 aromatic rings. The molecule has 2 heterocycles. The van der Waals surface area contributed by atoms with Crippen LogP contribution >= 0.6 is 0 Å². The molecular weight excluding hydrogens is 252 g/mol. The second kappa shape index (κ2) is 6.97. The second-order valence-electron chi connectivity index (χ2n) is 5.12. The molecular formula is C13H24O6. The summed E-state index contributed by atoms with van der Waals surface area (Å²) in [4.78, 5) is 0. The maximum atomic E-state index is 10.1. The minimum Gasteiger partial charge on any atom is -0.387 e. The first-order valence-corrected chi connectivity index (χ1v) is 6.98. The summed E-state index contributed by atoms with van der Waals surface area (Å²) in [6, 6.07) is 0. The second-order valence-corrected chi connectivity index (χ2v) is 5.12. The third kappa shape index (κ3) is 3.45. The number of fused-ring (bicyclic) bond motifs is 1. The summed E-state index contributed by atoms with van der Waals surface area (Å²) in [6.07, 6.45) is -0.123.